The first-order valence-corrected chi connectivity index (χ1v) is 10.4. The topological polar surface area (TPSA) is 80.2 Å². The Labute approximate surface area is 146 Å². The van der Waals surface area contributed by atoms with Gasteiger partial charge in [-0.2, -0.15) is 0 Å². The first-order valence-electron chi connectivity index (χ1n) is 8.02. The van der Waals surface area contributed by atoms with Crippen molar-refractivity contribution in [1.29, 1.82) is 0 Å². The zero-order chi connectivity index (χ0) is 17.7. The number of aromatic nitrogens is 2. The van der Waals surface area contributed by atoms with Crippen molar-refractivity contribution >= 4 is 37.0 Å². The Balaban J connectivity index is 2.14. The van der Waals surface area contributed by atoms with E-state index in [0.717, 1.165) is 24.0 Å². The molecule has 2 aromatic rings. The Morgan fingerprint density at radius 3 is 2.62 bits per heavy atom. The fourth-order valence-electron chi connectivity index (χ4n) is 2.94. The van der Waals surface area contributed by atoms with Crippen LogP contribution in [-0.2, 0) is 9.84 Å². The molecule has 0 bridgehead atoms. The van der Waals surface area contributed by atoms with Crippen molar-refractivity contribution in [2.24, 2.45) is 5.92 Å². The Kier molecular flexibility index (Phi) is 4.30. The SMILES string of the molecule is CC[C@H]1CC(c2csc3c(S(=O)(=O)C(C)(C)C)ncnc23)=C[C@@H]1O. The summed E-state index contributed by atoms with van der Waals surface area (Å²) >= 11 is 1.35. The van der Waals surface area contributed by atoms with Gasteiger partial charge < -0.3 is 5.11 Å². The van der Waals surface area contributed by atoms with Crippen LogP contribution in [0.4, 0.5) is 0 Å². The van der Waals surface area contributed by atoms with Gasteiger partial charge in [0.05, 0.1) is 21.1 Å². The molecule has 24 heavy (non-hydrogen) atoms. The Hall–Kier alpha value is -1.31. The van der Waals surface area contributed by atoms with Crippen LogP contribution in [0.3, 0.4) is 0 Å². The molecule has 7 heteroatoms. The summed E-state index contributed by atoms with van der Waals surface area (Å²) in [6.07, 6.45) is 4.44. The third-order valence-corrected chi connectivity index (χ3v) is 8.13. The van der Waals surface area contributed by atoms with E-state index in [1.54, 1.807) is 20.8 Å². The highest BCUT2D eigenvalue weighted by atomic mass is 32.2. The van der Waals surface area contributed by atoms with Gasteiger partial charge in [-0.05, 0) is 38.7 Å². The van der Waals surface area contributed by atoms with E-state index < -0.39 is 20.7 Å². The number of fused-ring (bicyclic) bond motifs is 1. The summed E-state index contributed by atoms with van der Waals surface area (Å²) in [6.45, 7) is 7.08. The maximum absolute atomic E-state index is 12.8. The number of allylic oxidation sites excluding steroid dienone is 1. The van der Waals surface area contributed by atoms with Crippen LogP contribution in [0.5, 0.6) is 0 Å². The minimum Gasteiger partial charge on any atom is -0.389 e. The van der Waals surface area contributed by atoms with Gasteiger partial charge in [-0.3, -0.25) is 0 Å². The van der Waals surface area contributed by atoms with Gasteiger partial charge in [0.1, 0.15) is 6.33 Å². The molecule has 2 aromatic heterocycles. The summed E-state index contributed by atoms with van der Waals surface area (Å²) in [7, 11) is -3.55. The molecule has 3 rings (SSSR count). The monoisotopic (exact) mass is 366 g/mol. The molecule has 0 fully saturated rings. The number of thiophene rings is 1. The summed E-state index contributed by atoms with van der Waals surface area (Å²) in [6, 6.07) is 0. The van der Waals surface area contributed by atoms with Crippen LogP contribution in [0.1, 0.15) is 46.1 Å². The number of nitrogens with zero attached hydrogens (tertiary/aromatic N) is 2. The van der Waals surface area contributed by atoms with Crippen LogP contribution >= 0.6 is 11.3 Å². The molecular weight excluding hydrogens is 344 g/mol. The minimum absolute atomic E-state index is 0.0995. The molecule has 1 N–H and O–H groups in total. The fraction of sp³-hybridized carbons (Fsp3) is 0.529. The van der Waals surface area contributed by atoms with Gasteiger partial charge in [-0.1, -0.05) is 19.4 Å². The highest BCUT2D eigenvalue weighted by Crippen LogP contribution is 2.41. The van der Waals surface area contributed by atoms with E-state index in [4.69, 9.17) is 0 Å². The molecule has 0 saturated carbocycles. The zero-order valence-electron chi connectivity index (χ0n) is 14.3. The smallest absolute Gasteiger partial charge is 0.202 e. The summed E-state index contributed by atoms with van der Waals surface area (Å²) in [4.78, 5) is 8.40. The Morgan fingerprint density at radius 2 is 2.04 bits per heavy atom. The summed E-state index contributed by atoms with van der Waals surface area (Å²) in [5.74, 6) is 0.217. The predicted octanol–water partition coefficient (Wildman–Crippen LogP) is 3.44. The Morgan fingerprint density at radius 1 is 1.33 bits per heavy atom. The predicted molar refractivity (Wildman–Crippen MR) is 96.7 cm³/mol. The molecule has 0 spiro atoms. The second-order valence-corrected chi connectivity index (χ2v) is 10.7. The van der Waals surface area contributed by atoms with E-state index in [9.17, 15) is 13.5 Å². The van der Waals surface area contributed by atoms with E-state index >= 15 is 0 Å². The molecule has 0 amide bonds. The maximum atomic E-state index is 12.8. The lowest BCUT2D eigenvalue weighted by Crippen LogP contribution is -2.28. The van der Waals surface area contributed by atoms with Crippen LogP contribution in [-0.4, -0.2) is 34.3 Å². The highest BCUT2D eigenvalue weighted by Gasteiger charge is 2.35. The molecule has 0 aromatic carbocycles. The summed E-state index contributed by atoms with van der Waals surface area (Å²) < 4.78 is 25.3. The van der Waals surface area contributed by atoms with E-state index in [2.05, 4.69) is 16.9 Å². The first kappa shape index (κ1) is 17.5. The number of aliphatic hydroxyl groups excluding tert-OH is 1. The van der Waals surface area contributed by atoms with E-state index in [0.29, 0.717) is 10.2 Å². The third kappa shape index (κ3) is 2.68. The van der Waals surface area contributed by atoms with Gasteiger partial charge in [0.25, 0.3) is 0 Å². The normalized spacial score (nSPS) is 22.1. The number of hydrogen-bond acceptors (Lipinski definition) is 6. The molecule has 0 radical (unpaired) electrons. The van der Waals surface area contributed by atoms with Gasteiger partial charge in [-0.25, -0.2) is 18.4 Å². The fourth-order valence-corrected chi connectivity index (χ4v) is 5.44. The van der Waals surface area contributed by atoms with Gasteiger partial charge >= 0.3 is 0 Å². The van der Waals surface area contributed by atoms with Crippen LogP contribution in [0.2, 0.25) is 0 Å². The van der Waals surface area contributed by atoms with Gasteiger partial charge in [0, 0.05) is 10.9 Å². The first-order chi connectivity index (χ1) is 11.2. The maximum Gasteiger partial charge on any atom is 0.202 e. The van der Waals surface area contributed by atoms with Crippen molar-refractivity contribution in [3.05, 3.63) is 23.3 Å². The average Bonchev–Trinajstić information content (AvgIpc) is 3.08. The highest BCUT2D eigenvalue weighted by molar-refractivity contribution is 7.93. The largest absolute Gasteiger partial charge is 0.389 e. The molecule has 5 nitrogen and oxygen atoms in total. The minimum atomic E-state index is -3.55. The zero-order valence-corrected chi connectivity index (χ0v) is 15.9. The third-order valence-electron chi connectivity index (χ3n) is 4.59. The lowest BCUT2D eigenvalue weighted by atomic mass is 9.99. The van der Waals surface area contributed by atoms with Crippen LogP contribution in [0.15, 0.2) is 22.8 Å². The van der Waals surface area contributed by atoms with Gasteiger partial charge in [-0.15, -0.1) is 11.3 Å². The van der Waals surface area contributed by atoms with Crippen molar-refractivity contribution in [3.8, 4) is 0 Å². The molecule has 0 unspecified atom stereocenters. The van der Waals surface area contributed by atoms with Crippen molar-refractivity contribution in [1.82, 2.24) is 9.97 Å². The number of sulfone groups is 1. The van der Waals surface area contributed by atoms with Crippen molar-refractivity contribution in [2.45, 2.75) is 56.4 Å². The molecule has 1 aliphatic carbocycles. The van der Waals surface area contributed by atoms with Crippen molar-refractivity contribution in [3.63, 3.8) is 0 Å². The van der Waals surface area contributed by atoms with Crippen LogP contribution in [0.25, 0.3) is 15.8 Å². The van der Waals surface area contributed by atoms with E-state index in [1.807, 2.05) is 11.5 Å². The average molecular weight is 367 g/mol. The van der Waals surface area contributed by atoms with E-state index in [-0.39, 0.29) is 10.9 Å². The standard InChI is InChI=1S/C17H22N2O3S2/c1-5-10-6-11(7-13(10)20)12-8-23-15-14(12)18-9-19-16(15)24(21,22)17(2,3)4/h7-10,13,20H,5-6H2,1-4H3/t10-,13-/m0/s1. The second kappa shape index (κ2) is 5.89. The quantitative estimate of drug-likeness (QED) is 0.842. The number of aliphatic hydroxyl groups is 1. The van der Waals surface area contributed by atoms with Gasteiger partial charge in [0.2, 0.25) is 9.84 Å². The molecule has 2 heterocycles. The number of hydrogen-bond donors (Lipinski definition) is 1. The van der Waals surface area contributed by atoms with E-state index in [1.165, 1.54) is 17.7 Å². The molecule has 130 valence electrons. The lowest BCUT2D eigenvalue weighted by Gasteiger charge is -2.18. The van der Waals surface area contributed by atoms with Crippen molar-refractivity contribution in [2.75, 3.05) is 0 Å². The molecule has 0 aliphatic heterocycles. The molecule has 0 saturated heterocycles. The van der Waals surface area contributed by atoms with Crippen LogP contribution < -0.4 is 0 Å². The second-order valence-electron chi connectivity index (χ2n) is 7.18. The number of rotatable bonds is 3. The molecular formula is C17H22N2O3S2. The summed E-state index contributed by atoms with van der Waals surface area (Å²) in [5, 5.41) is 12.1. The Bertz CT molecular complexity index is 908. The van der Waals surface area contributed by atoms with Crippen LogP contribution in [0, 0.1) is 5.92 Å². The molecule has 2 atom stereocenters. The summed E-state index contributed by atoms with van der Waals surface area (Å²) in [5.41, 5.74) is 2.61. The lowest BCUT2D eigenvalue weighted by molar-refractivity contribution is 0.162. The van der Waals surface area contributed by atoms with Crippen molar-refractivity contribution < 1.29 is 13.5 Å². The van der Waals surface area contributed by atoms with Gasteiger partial charge in [0.15, 0.2) is 5.03 Å². The molecule has 1 aliphatic rings.